The quantitative estimate of drug-likeness (QED) is 0.427. The van der Waals surface area contributed by atoms with Crippen LogP contribution in [0.25, 0.3) is 11.1 Å². The summed E-state index contributed by atoms with van der Waals surface area (Å²) in [5.74, 6) is -2.69. The standard InChI is InChI=1S/C29H33F4N7O3/c1-16-13-39(6-5-37(16)3)22-10-21(30)24(18-11-34-29(35-12-18)40-7-8-43-17(2)14-40)25(31)26(22)36-28(42)20-15-38(4)23(41)9-19(20)27(32)33/h9-12,15-17,27H,5-8,13-14H2,1-4H3,(H,36,42). The number of ether oxygens (including phenoxy) is 1. The number of alkyl halides is 2. The molecule has 43 heavy (non-hydrogen) atoms. The molecule has 2 aromatic heterocycles. The maximum Gasteiger partial charge on any atom is 0.264 e. The number of nitrogens with zero attached hydrogens (tertiary/aromatic N) is 6. The van der Waals surface area contributed by atoms with Crippen molar-refractivity contribution in [3.8, 4) is 11.1 Å². The summed E-state index contributed by atoms with van der Waals surface area (Å²) in [6, 6.07) is 1.82. The van der Waals surface area contributed by atoms with Gasteiger partial charge in [-0.1, -0.05) is 0 Å². The van der Waals surface area contributed by atoms with E-state index in [1.54, 1.807) is 4.90 Å². The van der Waals surface area contributed by atoms with Gasteiger partial charge in [0.25, 0.3) is 17.9 Å². The number of carbonyl (C=O) groups excluding carboxylic acids is 1. The number of carbonyl (C=O) groups is 1. The number of benzene rings is 1. The summed E-state index contributed by atoms with van der Waals surface area (Å²) >= 11 is 0. The van der Waals surface area contributed by atoms with Gasteiger partial charge in [0.05, 0.1) is 29.5 Å². The minimum atomic E-state index is -3.13. The van der Waals surface area contributed by atoms with Crippen molar-refractivity contribution in [2.24, 2.45) is 7.05 Å². The third-order valence-corrected chi connectivity index (χ3v) is 7.93. The average molecular weight is 604 g/mol. The predicted molar refractivity (Wildman–Crippen MR) is 154 cm³/mol. The fourth-order valence-electron chi connectivity index (χ4n) is 5.32. The van der Waals surface area contributed by atoms with Crippen molar-refractivity contribution in [3.63, 3.8) is 0 Å². The summed E-state index contributed by atoms with van der Waals surface area (Å²) in [6.45, 7) is 6.88. The Morgan fingerprint density at radius 2 is 1.77 bits per heavy atom. The van der Waals surface area contributed by atoms with Gasteiger partial charge < -0.3 is 29.3 Å². The van der Waals surface area contributed by atoms with Crippen LogP contribution in [0.5, 0.6) is 0 Å². The highest BCUT2D eigenvalue weighted by atomic mass is 19.3. The molecule has 4 heterocycles. The molecule has 3 aromatic rings. The summed E-state index contributed by atoms with van der Waals surface area (Å²) in [6.07, 6.45) is 0.411. The summed E-state index contributed by atoms with van der Waals surface area (Å²) < 4.78 is 66.3. The van der Waals surface area contributed by atoms with E-state index in [4.69, 9.17) is 4.74 Å². The maximum atomic E-state index is 16.4. The highest BCUT2D eigenvalue weighted by molar-refractivity contribution is 6.07. The van der Waals surface area contributed by atoms with Crippen LogP contribution in [0.15, 0.2) is 35.5 Å². The number of anilines is 3. The van der Waals surface area contributed by atoms with Crippen LogP contribution in [0.1, 0.15) is 36.2 Å². The Balaban J connectivity index is 1.57. The molecule has 14 heteroatoms. The first-order valence-electron chi connectivity index (χ1n) is 13.9. The second-order valence-electron chi connectivity index (χ2n) is 11.0. The van der Waals surface area contributed by atoms with Crippen molar-refractivity contribution in [1.29, 1.82) is 0 Å². The van der Waals surface area contributed by atoms with Crippen LogP contribution in [-0.2, 0) is 11.8 Å². The zero-order chi connectivity index (χ0) is 31.0. The van der Waals surface area contributed by atoms with Crippen LogP contribution >= 0.6 is 0 Å². The summed E-state index contributed by atoms with van der Waals surface area (Å²) in [5, 5.41) is 2.42. The van der Waals surface area contributed by atoms with Gasteiger partial charge >= 0.3 is 0 Å². The van der Waals surface area contributed by atoms with Gasteiger partial charge in [0.15, 0.2) is 5.82 Å². The van der Waals surface area contributed by atoms with Gasteiger partial charge in [-0.2, -0.15) is 0 Å². The fourth-order valence-corrected chi connectivity index (χ4v) is 5.32. The number of likely N-dealkylation sites (N-methyl/N-ethyl adjacent to an activating group) is 1. The lowest BCUT2D eigenvalue weighted by Gasteiger charge is -2.39. The van der Waals surface area contributed by atoms with E-state index in [-0.39, 0.29) is 29.1 Å². The van der Waals surface area contributed by atoms with Gasteiger partial charge in [-0.25, -0.2) is 27.5 Å². The van der Waals surface area contributed by atoms with Crippen LogP contribution in [0.3, 0.4) is 0 Å². The Morgan fingerprint density at radius 3 is 2.42 bits per heavy atom. The van der Waals surface area contributed by atoms with E-state index in [1.807, 2.05) is 25.8 Å². The SMILES string of the molecule is CC1CN(c2ncc(-c3c(F)cc(N4CCN(C)C(C)C4)c(NC(=O)c4cn(C)c(=O)cc4C(F)F)c3F)cn2)CCO1. The molecule has 2 fully saturated rings. The lowest BCUT2D eigenvalue weighted by Crippen LogP contribution is -2.50. The molecule has 10 nitrogen and oxygen atoms in total. The van der Waals surface area contributed by atoms with Crippen LogP contribution in [0.2, 0.25) is 0 Å². The second-order valence-corrected chi connectivity index (χ2v) is 11.0. The number of pyridine rings is 1. The maximum absolute atomic E-state index is 16.4. The molecule has 2 aliphatic rings. The van der Waals surface area contributed by atoms with E-state index in [2.05, 4.69) is 20.2 Å². The van der Waals surface area contributed by atoms with Gasteiger partial charge in [-0.15, -0.1) is 0 Å². The molecule has 0 spiro atoms. The first kappa shape index (κ1) is 30.4. The second kappa shape index (κ2) is 12.3. The Hall–Kier alpha value is -4.04. The molecular formula is C29H33F4N7O3. The molecular weight excluding hydrogens is 570 g/mol. The number of amides is 1. The Morgan fingerprint density at radius 1 is 1.05 bits per heavy atom. The number of hydrogen-bond donors (Lipinski definition) is 1. The van der Waals surface area contributed by atoms with E-state index in [1.165, 1.54) is 19.4 Å². The zero-order valence-corrected chi connectivity index (χ0v) is 24.3. The lowest BCUT2D eigenvalue weighted by atomic mass is 10.0. The molecule has 0 radical (unpaired) electrons. The Kier molecular flexibility index (Phi) is 8.69. The van der Waals surface area contributed by atoms with Crippen molar-refractivity contribution in [2.45, 2.75) is 32.4 Å². The van der Waals surface area contributed by atoms with Crippen LogP contribution in [0, 0.1) is 11.6 Å². The van der Waals surface area contributed by atoms with E-state index in [9.17, 15) is 18.4 Å². The van der Waals surface area contributed by atoms with E-state index in [0.29, 0.717) is 51.3 Å². The summed E-state index contributed by atoms with van der Waals surface area (Å²) in [4.78, 5) is 39.8. The van der Waals surface area contributed by atoms with Crippen molar-refractivity contribution < 1.29 is 27.1 Å². The van der Waals surface area contributed by atoms with Gasteiger partial charge in [0.2, 0.25) is 5.95 Å². The third kappa shape index (κ3) is 6.20. The highest BCUT2D eigenvalue weighted by Crippen LogP contribution is 2.39. The van der Waals surface area contributed by atoms with E-state index < -0.39 is 46.2 Å². The Labute approximate surface area is 245 Å². The molecule has 5 rings (SSSR count). The first-order chi connectivity index (χ1) is 20.4. The van der Waals surface area contributed by atoms with Gasteiger partial charge in [-0.05, 0) is 20.9 Å². The van der Waals surface area contributed by atoms with E-state index in [0.717, 1.165) is 16.8 Å². The minimum Gasteiger partial charge on any atom is -0.375 e. The van der Waals surface area contributed by atoms with Crippen LogP contribution in [-0.4, -0.2) is 83.9 Å². The van der Waals surface area contributed by atoms with Crippen LogP contribution < -0.4 is 20.7 Å². The monoisotopic (exact) mass is 603 g/mol. The summed E-state index contributed by atoms with van der Waals surface area (Å²) in [7, 11) is 3.24. The molecule has 1 aromatic carbocycles. The molecule has 1 amide bonds. The molecule has 2 saturated heterocycles. The molecule has 2 aliphatic heterocycles. The van der Waals surface area contributed by atoms with Crippen LogP contribution in [0.4, 0.5) is 34.9 Å². The summed E-state index contributed by atoms with van der Waals surface area (Å²) in [5.41, 5.74) is -2.79. The number of rotatable bonds is 6. The van der Waals surface area contributed by atoms with Gasteiger partial charge in [-0.3, -0.25) is 9.59 Å². The fraction of sp³-hybridized carbons (Fsp3) is 0.448. The zero-order valence-electron chi connectivity index (χ0n) is 24.3. The minimum absolute atomic E-state index is 0.0273. The van der Waals surface area contributed by atoms with Crippen molar-refractivity contribution in [3.05, 3.63) is 63.8 Å². The molecule has 2 unspecified atom stereocenters. The Bertz CT molecular complexity index is 1570. The number of morpholine rings is 1. The van der Waals surface area contributed by atoms with E-state index >= 15 is 8.78 Å². The van der Waals surface area contributed by atoms with Crippen molar-refractivity contribution in [2.75, 3.05) is 61.5 Å². The largest absolute Gasteiger partial charge is 0.375 e. The van der Waals surface area contributed by atoms with Gasteiger partial charge in [0.1, 0.15) is 11.5 Å². The van der Waals surface area contributed by atoms with Crippen molar-refractivity contribution >= 4 is 23.2 Å². The number of piperazine rings is 1. The molecule has 230 valence electrons. The first-order valence-corrected chi connectivity index (χ1v) is 13.9. The highest BCUT2D eigenvalue weighted by Gasteiger charge is 2.30. The average Bonchev–Trinajstić information content (AvgIpc) is 2.97. The third-order valence-electron chi connectivity index (χ3n) is 7.93. The van der Waals surface area contributed by atoms with Gasteiger partial charge in [0, 0.05) is 87.7 Å². The molecule has 0 saturated carbocycles. The number of halogens is 4. The number of nitrogens with one attached hydrogen (secondary N) is 1. The number of hydrogen-bond acceptors (Lipinski definition) is 8. The van der Waals surface area contributed by atoms with Crippen molar-refractivity contribution in [1.82, 2.24) is 19.4 Å². The smallest absolute Gasteiger partial charge is 0.264 e. The molecule has 0 bridgehead atoms. The normalized spacial score (nSPS) is 19.7. The number of aryl methyl sites for hydroxylation is 1. The molecule has 1 N–H and O–H groups in total. The predicted octanol–water partition coefficient (Wildman–Crippen LogP) is 3.68. The topological polar surface area (TPSA) is 95.8 Å². The molecule has 2 atom stereocenters. The lowest BCUT2D eigenvalue weighted by molar-refractivity contribution is 0.0526. The molecule has 0 aliphatic carbocycles. The number of aromatic nitrogens is 3.